The summed E-state index contributed by atoms with van der Waals surface area (Å²) < 4.78 is 5.86. The van der Waals surface area contributed by atoms with Gasteiger partial charge in [-0.2, -0.15) is 0 Å². The molecule has 2 aliphatic rings. The first-order chi connectivity index (χ1) is 9.24. The number of fused-ring (bicyclic) bond motifs is 1. The molecule has 0 bridgehead atoms. The molecule has 0 aromatic heterocycles. The monoisotopic (exact) mass is 260 g/mol. The van der Waals surface area contributed by atoms with Crippen LogP contribution in [0.4, 0.5) is 0 Å². The zero-order valence-electron chi connectivity index (χ0n) is 11.0. The highest BCUT2D eigenvalue weighted by Crippen LogP contribution is 2.28. The van der Waals surface area contributed by atoms with Gasteiger partial charge in [-0.25, -0.2) is 0 Å². The van der Waals surface area contributed by atoms with E-state index >= 15 is 0 Å². The lowest BCUT2D eigenvalue weighted by Crippen LogP contribution is -2.48. The number of amides is 1. The van der Waals surface area contributed by atoms with Gasteiger partial charge in [0.15, 0.2) is 0 Å². The number of hydrogen-bond donors (Lipinski definition) is 1. The highest BCUT2D eigenvalue weighted by Gasteiger charge is 2.28. The van der Waals surface area contributed by atoms with Crippen LogP contribution in [0.5, 0.6) is 0 Å². The van der Waals surface area contributed by atoms with Crippen LogP contribution >= 0.6 is 0 Å². The lowest BCUT2D eigenvalue weighted by molar-refractivity contribution is -0.136. The fourth-order valence-corrected chi connectivity index (χ4v) is 2.95. The van der Waals surface area contributed by atoms with Gasteiger partial charge in [-0.1, -0.05) is 24.3 Å². The quantitative estimate of drug-likeness (QED) is 0.870. The summed E-state index contributed by atoms with van der Waals surface area (Å²) >= 11 is 0. The minimum atomic E-state index is -0.000741. The van der Waals surface area contributed by atoms with Gasteiger partial charge in [-0.3, -0.25) is 4.79 Å². The van der Waals surface area contributed by atoms with Gasteiger partial charge in [0.2, 0.25) is 5.91 Å². The molecule has 1 saturated heterocycles. The Hall–Kier alpha value is -1.39. The van der Waals surface area contributed by atoms with Crippen LogP contribution < -0.4 is 5.73 Å². The molecule has 1 amide bonds. The fourth-order valence-electron chi connectivity index (χ4n) is 2.95. The third kappa shape index (κ3) is 2.65. The van der Waals surface area contributed by atoms with E-state index in [2.05, 4.69) is 18.2 Å². The largest absolute Gasteiger partial charge is 0.371 e. The van der Waals surface area contributed by atoms with Crippen molar-refractivity contribution in [1.29, 1.82) is 0 Å². The molecule has 102 valence electrons. The van der Waals surface area contributed by atoms with E-state index in [1.54, 1.807) is 0 Å². The lowest BCUT2D eigenvalue weighted by atomic mass is 9.96. The molecule has 0 saturated carbocycles. The van der Waals surface area contributed by atoms with E-state index in [1.807, 2.05) is 11.0 Å². The Morgan fingerprint density at radius 3 is 3.05 bits per heavy atom. The minimum Gasteiger partial charge on any atom is -0.371 e. The SMILES string of the molecule is NC1CCC(=O)N(CC2OCCc3ccccc32)C1. The first kappa shape index (κ1) is 12.6. The third-order valence-corrected chi connectivity index (χ3v) is 4.02. The second-order valence-electron chi connectivity index (χ2n) is 5.41. The van der Waals surface area contributed by atoms with Crippen molar-refractivity contribution in [2.45, 2.75) is 31.4 Å². The van der Waals surface area contributed by atoms with E-state index in [-0.39, 0.29) is 18.1 Å². The summed E-state index contributed by atoms with van der Waals surface area (Å²) in [5.41, 5.74) is 8.52. The maximum absolute atomic E-state index is 11.9. The van der Waals surface area contributed by atoms with Gasteiger partial charge in [0.1, 0.15) is 6.10 Å². The van der Waals surface area contributed by atoms with Crippen LogP contribution in [0.2, 0.25) is 0 Å². The second-order valence-corrected chi connectivity index (χ2v) is 5.41. The van der Waals surface area contributed by atoms with Crippen molar-refractivity contribution in [1.82, 2.24) is 4.90 Å². The molecule has 2 atom stereocenters. The molecule has 1 aromatic rings. The number of likely N-dealkylation sites (tertiary alicyclic amines) is 1. The highest BCUT2D eigenvalue weighted by atomic mass is 16.5. The molecule has 2 aliphatic heterocycles. The topological polar surface area (TPSA) is 55.6 Å². The van der Waals surface area contributed by atoms with Gasteiger partial charge in [-0.15, -0.1) is 0 Å². The molecule has 1 aromatic carbocycles. The predicted molar refractivity (Wildman–Crippen MR) is 72.6 cm³/mol. The first-order valence-electron chi connectivity index (χ1n) is 6.97. The average Bonchev–Trinajstić information content (AvgIpc) is 2.43. The number of rotatable bonds is 2. The van der Waals surface area contributed by atoms with Crippen LogP contribution in [0.1, 0.15) is 30.1 Å². The number of hydrogen-bond acceptors (Lipinski definition) is 3. The molecule has 0 spiro atoms. The Bertz CT molecular complexity index is 475. The average molecular weight is 260 g/mol. The maximum Gasteiger partial charge on any atom is 0.222 e. The van der Waals surface area contributed by atoms with Crippen molar-refractivity contribution in [3.8, 4) is 0 Å². The maximum atomic E-state index is 11.9. The van der Waals surface area contributed by atoms with Crippen molar-refractivity contribution < 1.29 is 9.53 Å². The zero-order chi connectivity index (χ0) is 13.2. The smallest absolute Gasteiger partial charge is 0.222 e. The summed E-state index contributed by atoms with van der Waals surface area (Å²) in [7, 11) is 0. The van der Waals surface area contributed by atoms with Crippen molar-refractivity contribution in [2.75, 3.05) is 19.7 Å². The molecule has 19 heavy (non-hydrogen) atoms. The van der Waals surface area contributed by atoms with Crippen molar-refractivity contribution in [3.05, 3.63) is 35.4 Å². The molecule has 2 N–H and O–H groups in total. The van der Waals surface area contributed by atoms with Gasteiger partial charge < -0.3 is 15.4 Å². The molecule has 1 fully saturated rings. The van der Waals surface area contributed by atoms with Gasteiger partial charge in [0.25, 0.3) is 0 Å². The zero-order valence-corrected chi connectivity index (χ0v) is 11.0. The van der Waals surface area contributed by atoms with E-state index in [4.69, 9.17) is 10.5 Å². The molecule has 0 aliphatic carbocycles. The summed E-state index contributed by atoms with van der Waals surface area (Å²) in [5.74, 6) is 0.202. The Morgan fingerprint density at radius 2 is 2.16 bits per heavy atom. The summed E-state index contributed by atoms with van der Waals surface area (Å²) in [6.45, 7) is 2.01. The van der Waals surface area contributed by atoms with Crippen LogP contribution in [0.25, 0.3) is 0 Å². The fraction of sp³-hybridized carbons (Fsp3) is 0.533. The molecule has 0 radical (unpaired) electrons. The van der Waals surface area contributed by atoms with Crippen molar-refractivity contribution >= 4 is 5.91 Å². The standard InChI is InChI=1S/C15H20N2O2/c16-12-5-6-15(18)17(9-12)10-14-13-4-2-1-3-11(13)7-8-19-14/h1-4,12,14H,5-10,16H2. The summed E-state index contributed by atoms with van der Waals surface area (Å²) in [4.78, 5) is 13.8. The second kappa shape index (κ2) is 5.31. The number of nitrogens with two attached hydrogens (primary N) is 1. The number of ether oxygens (including phenoxy) is 1. The van der Waals surface area contributed by atoms with Gasteiger partial charge in [0.05, 0.1) is 13.2 Å². The normalized spacial score (nSPS) is 27.2. The molecule has 3 rings (SSSR count). The Morgan fingerprint density at radius 1 is 1.32 bits per heavy atom. The molecular formula is C15H20N2O2. The number of benzene rings is 1. The lowest BCUT2D eigenvalue weighted by Gasteiger charge is -2.35. The first-order valence-corrected chi connectivity index (χ1v) is 6.97. The summed E-state index contributed by atoms with van der Waals surface area (Å²) in [5, 5.41) is 0. The van der Waals surface area contributed by atoms with Crippen LogP contribution in [0.3, 0.4) is 0 Å². The van der Waals surface area contributed by atoms with Crippen LogP contribution in [-0.2, 0) is 16.0 Å². The van der Waals surface area contributed by atoms with Crippen LogP contribution in [-0.4, -0.2) is 36.5 Å². The predicted octanol–water partition coefficient (Wildman–Crippen LogP) is 1.25. The van der Waals surface area contributed by atoms with Gasteiger partial charge in [0, 0.05) is 19.0 Å². The van der Waals surface area contributed by atoms with E-state index in [0.717, 1.165) is 19.4 Å². The molecular weight excluding hydrogens is 240 g/mol. The van der Waals surface area contributed by atoms with Crippen molar-refractivity contribution in [3.63, 3.8) is 0 Å². The summed E-state index contributed by atoms with van der Waals surface area (Å²) in [6.07, 6.45) is 2.33. The van der Waals surface area contributed by atoms with Crippen LogP contribution in [0, 0.1) is 0 Å². The Labute approximate surface area is 113 Å². The Kier molecular flexibility index (Phi) is 3.53. The van der Waals surface area contributed by atoms with Gasteiger partial charge >= 0.3 is 0 Å². The Balaban J connectivity index is 1.75. The van der Waals surface area contributed by atoms with Crippen LogP contribution in [0.15, 0.2) is 24.3 Å². The van der Waals surface area contributed by atoms with E-state index in [1.165, 1.54) is 11.1 Å². The van der Waals surface area contributed by atoms with E-state index < -0.39 is 0 Å². The highest BCUT2D eigenvalue weighted by molar-refractivity contribution is 5.77. The number of carbonyl (C=O) groups is 1. The third-order valence-electron chi connectivity index (χ3n) is 4.02. The summed E-state index contributed by atoms with van der Waals surface area (Å²) in [6, 6.07) is 8.45. The number of carbonyl (C=O) groups excluding carboxylic acids is 1. The van der Waals surface area contributed by atoms with E-state index in [0.29, 0.717) is 19.5 Å². The van der Waals surface area contributed by atoms with Crippen molar-refractivity contribution in [2.24, 2.45) is 5.73 Å². The van der Waals surface area contributed by atoms with Gasteiger partial charge in [-0.05, 0) is 24.0 Å². The molecule has 2 heterocycles. The number of piperidine rings is 1. The molecule has 4 nitrogen and oxygen atoms in total. The minimum absolute atomic E-state index is 0.000741. The van der Waals surface area contributed by atoms with E-state index in [9.17, 15) is 4.79 Å². The number of nitrogens with zero attached hydrogens (tertiary/aromatic N) is 1. The molecule has 4 heteroatoms. The molecule has 2 unspecified atom stereocenters.